The molecule has 4 aliphatic rings. The highest BCUT2D eigenvalue weighted by Gasteiger charge is 2.63. The molecule has 5 heteroatoms. The van der Waals surface area contributed by atoms with Gasteiger partial charge < -0.3 is 15.1 Å². The van der Waals surface area contributed by atoms with Crippen LogP contribution in [0.15, 0.2) is 21.3 Å². The predicted molar refractivity (Wildman–Crippen MR) is 110 cm³/mol. The Morgan fingerprint density at radius 3 is 2.62 bits per heavy atom. The van der Waals surface area contributed by atoms with Crippen molar-refractivity contribution < 1.29 is 15.0 Å². The fraction of sp³-hybridized carbons (Fsp3) is 0.762. The number of fused-ring (bicyclic) bond motifs is 5. The zero-order valence-electron chi connectivity index (χ0n) is 16.1. The second-order valence-electron chi connectivity index (χ2n) is 9.50. The standard InChI is InChI=1S/C21H30INO3/c1-20-10-15(24)17-12(13(20)7-8-16(20)22)6-5-11-9-14(23(3)4)18(25)19(26)21(11,17)2/h8-9,12-14,17-19,25-26H,5-7,10H2,1-4H3/t12-,13-,14-,17+,18+,19?,20-,21-/m0/s1. The van der Waals surface area contributed by atoms with E-state index in [9.17, 15) is 15.0 Å². The number of aliphatic hydroxyl groups excluding tert-OH is 2. The third-order valence-corrected chi connectivity index (χ3v) is 9.76. The molecule has 0 spiro atoms. The van der Waals surface area contributed by atoms with E-state index in [2.05, 4.69) is 41.7 Å². The highest BCUT2D eigenvalue weighted by Crippen LogP contribution is 2.65. The summed E-state index contributed by atoms with van der Waals surface area (Å²) in [6, 6.07) is -0.192. The second kappa shape index (κ2) is 6.13. The van der Waals surface area contributed by atoms with Gasteiger partial charge in [0.25, 0.3) is 0 Å². The predicted octanol–water partition coefficient (Wildman–Crippen LogP) is 2.93. The molecule has 4 rings (SSSR count). The lowest BCUT2D eigenvalue weighted by molar-refractivity contribution is -0.159. The molecule has 0 aromatic carbocycles. The van der Waals surface area contributed by atoms with Crippen LogP contribution in [0.2, 0.25) is 0 Å². The quantitative estimate of drug-likeness (QED) is 0.456. The lowest BCUT2D eigenvalue weighted by Gasteiger charge is -2.59. The van der Waals surface area contributed by atoms with E-state index in [1.165, 1.54) is 9.15 Å². The first-order valence-corrected chi connectivity index (χ1v) is 10.8. The van der Waals surface area contributed by atoms with Gasteiger partial charge in [0, 0.05) is 23.2 Å². The number of hydrogen-bond donors (Lipinski definition) is 2. The number of likely N-dealkylation sites (N-methyl/N-ethyl adjacent to an activating group) is 1. The Hall–Kier alpha value is -0.240. The van der Waals surface area contributed by atoms with Crippen LogP contribution in [0.3, 0.4) is 0 Å². The Bertz CT molecular complexity index is 701. The molecule has 0 radical (unpaired) electrons. The summed E-state index contributed by atoms with van der Waals surface area (Å²) < 4.78 is 1.33. The molecule has 8 atom stereocenters. The zero-order valence-corrected chi connectivity index (χ0v) is 18.2. The number of rotatable bonds is 1. The van der Waals surface area contributed by atoms with Gasteiger partial charge in [0.1, 0.15) is 5.78 Å². The third kappa shape index (κ3) is 2.32. The van der Waals surface area contributed by atoms with Gasteiger partial charge in [-0.15, -0.1) is 0 Å². The van der Waals surface area contributed by atoms with E-state index in [0.29, 0.717) is 18.3 Å². The topological polar surface area (TPSA) is 60.8 Å². The summed E-state index contributed by atoms with van der Waals surface area (Å²) in [5.74, 6) is 0.876. The van der Waals surface area contributed by atoms with E-state index in [-0.39, 0.29) is 23.2 Å². The molecule has 0 aromatic rings. The number of carbonyl (C=O) groups is 1. The van der Waals surface area contributed by atoms with Gasteiger partial charge in [-0.25, -0.2) is 0 Å². The highest BCUT2D eigenvalue weighted by molar-refractivity contribution is 14.1. The van der Waals surface area contributed by atoms with Crippen molar-refractivity contribution in [3.8, 4) is 0 Å². The van der Waals surface area contributed by atoms with Gasteiger partial charge in [-0.05, 0) is 71.4 Å². The van der Waals surface area contributed by atoms with Gasteiger partial charge in [-0.2, -0.15) is 0 Å². The van der Waals surface area contributed by atoms with Crippen LogP contribution in [0.25, 0.3) is 0 Å². The minimum atomic E-state index is -0.899. The van der Waals surface area contributed by atoms with Gasteiger partial charge in [-0.1, -0.05) is 31.6 Å². The molecular weight excluding hydrogens is 441 g/mol. The monoisotopic (exact) mass is 471 g/mol. The first-order valence-electron chi connectivity index (χ1n) is 9.75. The Kier molecular flexibility index (Phi) is 4.50. The lowest BCUT2D eigenvalue weighted by atomic mass is 9.46. The maximum absolute atomic E-state index is 13.4. The average Bonchev–Trinajstić information content (AvgIpc) is 2.86. The van der Waals surface area contributed by atoms with Crippen LogP contribution < -0.4 is 0 Å². The van der Waals surface area contributed by atoms with E-state index in [4.69, 9.17) is 0 Å². The molecule has 0 amide bonds. The van der Waals surface area contributed by atoms with Crippen molar-refractivity contribution in [2.75, 3.05) is 14.1 Å². The van der Waals surface area contributed by atoms with Gasteiger partial charge in [-0.3, -0.25) is 4.79 Å². The van der Waals surface area contributed by atoms with Gasteiger partial charge in [0.2, 0.25) is 0 Å². The molecule has 0 saturated heterocycles. The molecule has 144 valence electrons. The molecule has 0 aromatic heterocycles. The minimum absolute atomic E-state index is 0.0270. The zero-order chi connectivity index (χ0) is 19.0. The Morgan fingerprint density at radius 2 is 1.96 bits per heavy atom. The molecular formula is C21H30INO3. The van der Waals surface area contributed by atoms with Gasteiger partial charge in [0.05, 0.1) is 18.2 Å². The fourth-order valence-electron chi connectivity index (χ4n) is 6.58. The number of halogens is 1. The number of carbonyl (C=O) groups excluding carboxylic acids is 1. The van der Waals surface area contributed by atoms with E-state index in [0.717, 1.165) is 19.3 Å². The van der Waals surface area contributed by atoms with Crippen molar-refractivity contribution in [1.82, 2.24) is 4.90 Å². The first kappa shape index (κ1) is 19.1. The lowest BCUT2D eigenvalue weighted by Crippen LogP contribution is -2.63. The molecule has 26 heavy (non-hydrogen) atoms. The van der Waals surface area contributed by atoms with Crippen LogP contribution in [0.4, 0.5) is 0 Å². The Balaban J connectivity index is 1.77. The first-order chi connectivity index (χ1) is 12.1. The number of hydrogen-bond acceptors (Lipinski definition) is 4. The third-order valence-electron chi connectivity index (χ3n) is 8.09. The van der Waals surface area contributed by atoms with Crippen molar-refractivity contribution in [2.45, 2.75) is 57.8 Å². The molecule has 4 aliphatic carbocycles. The molecule has 4 nitrogen and oxygen atoms in total. The van der Waals surface area contributed by atoms with Crippen molar-refractivity contribution in [1.29, 1.82) is 0 Å². The summed E-state index contributed by atoms with van der Waals surface area (Å²) >= 11 is 2.42. The van der Waals surface area contributed by atoms with E-state index in [1.807, 2.05) is 25.9 Å². The summed E-state index contributed by atoms with van der Waals surface area (Å²) in [4.78, 5) is 15.3. The summed E-state index contributed by atoms with van der Waals surface area (Å²) in [7, 11) is 3.85. The molecule has 2 saturated carbocycles. The van der Waals surface area contributed by atoms with Crippen molar-refractivity contribution in [3.05, 3.63) is 21.3 Å². The van der Waals surface area contributed by atoms with E-state index >= 15 is 0 Å². The second-order valence-corrected chi connectivity index (χ2v) is 10.7. The van der Waals surface area contributed by atoms with Crippen LogP contribution >= 0.6 is 22.6 Å². The maximum Gasteiger partial charge on any atom is 0.138 e. The van der Waals surface area contributed by atoms with Crippen molar-refractivity contribution in [3.63, 3.8) is 0 Å². The Morgan fingerprint density at radius 1 is 1.27 bits per heavy atom. The summed E-state index contributed by atoms with van der Waals surface area (Å²) in [6.07, 6.45) is 6.22. The minimum Gasteiger partial charge on any atom is -0.389 e. The maximum atomic E-state index is 13.4. The number of Topliss-reactive ketones (excluding diaryl/α,β-unsaturated/α-hetero) is 1. The van der Waals surface area contributed by atoms with Crippen LogP contribution in [0.5, 0.6) is 0 Å². The molecule has 0 aliphatic heterocycles. The van der Waals surface area contributed by atoms with Crippen LogP contribution in [-0.2, 0) is 4.79 Å². The molecule has 0 heterocycles. The Labute approximate surface area is 169 Å². The van der Waals surface area contributed by atoms with E-state index < -0.39 is 17.6 Å². The van der Waals surface area contributed by atoms with Crippen molar-refractivity contribution in [2.24, 2.45) is 28.6 Å². The van der Waals surface area contributed by atoms with Crippen molar-refractivity contribution >= 4 is 28.4 Å². The van der Waals surface area contributed by atoms with Crippen LogP contribution in [0.1, 0.15) is 39.5 Å². The normalized spacial score (nSPS) is 50.7. The molecule has 2 fully saturated rings. The highest BCUT2D eigenvalue weighted by atomic mass is 127. The number of allylic oxidation sites excluding steroid dienone is 2. The van der Waals surface area contributed by atoms with Crippen LogP contribution in [0, 0.1) is 28.6 Å². The van der Waals surface area contributed by atoms with Gasteiger partial charge >= 0.3 is 0 Å². The van der Waals surface area contributed by atoms with Gasteiger partial charge in [0.15, 0.2) is 0 Å². The summed E-state index contributed by atoms with van der Waals surface area (Å²) in [5.41, 5.74) is 0.509. The summed E-state index contributed by atoms with van der Waals surface area (Å²) in [6.45, 7) is 4.28. The van der Waals surface area contributed by atoms with E-state index in [1.54, 1.807) is 0 Å². The molecule has 0 bridgehead atoms. The fourth-order valence-corrected chi connectivity index (χ4v) is 7.43. The largest absolute Gasteiger partial charge is 0.389 e. The average molecular weight is 471 g/mol. The molecule has 1 unspecified atom stereocenters. The SMILES string of the molecule is CN(C)[C@H]1C=C2CC[C@H]3[C@@H]4CC=C(I)[C@@]4(C)CC(=O)[C@@H]3[C@@]2(C)C(O)[C@@H]1O. The number of nitrogens with zero attached hydrogens (tertiary/aromatic N) is 1. The number of aliphatic hydroxyl groups is 2. The smallest absolute Gasteiger partial charge is 0.138 e. The van der Waals surface area contributed by atoms with Crippen LogP contribution in [-0.4, -0.2) is 53.2 Å². The molecule has 2 N–H and O–H groups in total. The summed E-state index contributed by atoms with van der Waals surface area (Å²) in [5, 5.41) is 22.0. The number of ketones is 1.